The second-order valence-corrected chi connectivity index (χ2v) is 5.32. The molecule has 0 atom stereocenters. The van der Waals surface area contributed by atoms with E-state index in [1.54, 1.807) is 39.8 Å². The minimum absolute atomic E-state index is 0.495. The maximum atomic E-state index is 11.5. The Labute approximate surface area is 112 Å². The highest BCUT2D eigenvalue weighted by atomic mass is 16.5. The number of nitrogens with one attached hydrogen (secondary N) is 1. The monoisotopic (exact) mass is 265 g/mol. The van der Waals surface area contributed by atoms with Crippen molar-refractivity contribution >= 4 is 11.8 Å². The Kier molecular flexibility index (Phi) is 4.14. The highest BCUT2D eigenvalue weighted by Gasteiger charge is 2.24. The molecule has 0 aliphatic heterocycles. The molecule has 1 aromatic rings. The van der Waals surface area contributed by atoms with Gasteiger partial charge in [0.1, 0.15) is 0 Å². The fraction of sp³-hybridized carbons (Fsp3) is 0.462. The topological polar surface area (TPSA) is 99.1 Å². The van der Waals surface area contributed by atoms with Gasteiger partial charge in [-0.1, -0.05) is 0 Å². The lowest BCUT2D eigenvalue weighted by Crippen LogP contribution is -2.49. The average molecular weight is 265 g/mol. The summed E-state index contributed by atoms with van der Waals surface area (Å²) in [7, 11) is 0. The molecule has 0 aromatic carbocycles. The van der Waals surface area contributed by atoms with Crippen LogP contribution in [0.5, 0.6) is 0 Å². The van der Waals surface area contributed by atoms with Gasteiger partial charge in [-0.3, -0.25) is 9.59 Å². The summed E-state index contributed by atoms with van der Waals surface area (Å²) in [6, 6.07) is 3.52. The molecule has 1 aromatic heterocycles. The summed E-state index contributed by atoms with van der Waals surface area (Å²) in [6.07, 6.45) is 0.495. The van der Waals surface area contributed by atoms with Gasteiger partial charge in [0, 0.05) is 31.5 Å². The van der Waals surface area contributed by atoms with Crippen LogP contribution in [0.25, 0.3) is 0 Å². The zero-order valence-electron chi connectivity index (χ0n) is 11.6. The standard InChI is InChI=1S/C13H19N3O3/c1-8-5-10(6-9(2)16(8)19)7-13(3,4)15-12(18)11(14)17/h5-6H,7H2,1-4H3,(H2,14,17)(H,15,18). The zero-order chi connectivity index (χ0) is 14.8. The molecular weight excluding hydrogens is 246 g/mol. The first-order valence-electron chi connectivity index (χ1n) is 5.94. The molecule has 0 unspecified atom stereocenters. The van der Waals surface area contributed by atoms with E-state index in [9.17, 15) is 14.8 Å². The summed E-state index contributed by atoms with van der Waals surface area (Å²) in [4.78, 5) is 22.0. The maximum Gasteiger partial charge on any atom is 0.309 e. The molecule has 19 heavy (non-hydrogen) atoms. The quantitative estimate of drug-likeness (QED) is 0.452. The number of carbonyl (C=O) groups is 2. The second-order valence-electron chi connectivity index (χ2n) is 5.32. The minimum atomic E-state index is -1.01. The number of pyridine rings is 1. The number of rotatable bonds is 3. The van der Waals surface area contributed by atoms with E-state index >= 15 is 0 Å². The van der Waals surface area contributed by atoms with Crippen LogP contribution in [0, 0.1) is 19.1 Å². The molecular formula is C13H19N3O3. The lowest BCUT2D eigenvalue weighted by molar-refractivity contribution is -0.619. The van der Waals surface area contributed by atoms with Crippen LogP contribution in [0.1, 0.15) is 30.8 Å². The van der Waals surface area contributed by atoms with Crippen molar-refractivity contribution in [3.8, 4) is 0 Å². The summed E-state index contributed by atoms with van der Waals surface area (Å²) in [5.41, 5.74) is 6.38. The van der Waals surface area contributed by atoms with Gasteiger partial charge in [-0.25, -0.2) is 0 Å². The van der Waals surface area contributed by atoms with Crippen LogP contribution in [0.4, 0.5) is 0 Å². The highest BCUT2D eigenvalue weighted by molar-refractivity contribution is 6.34. The summed E-state index contributed by atoms with van der Waals surface area (Å²) in [5, 5.41) is 14.1. The third-order valence-electron chi connectivity index (χ3n) is 2.75. The lowest BCUT2D eigenvalue weighted by Gasteiger charge is -2.25. The Balaban J connectivity index is 2.89. The number of primary amides is 1. The number of aryl methyl sites for hydroxylation is 2. The number of aromatic nitrogens is 1. The SMILES string of the molecule is Cc1cc(CC(C)(C)NC(=O)C(N)=O)cc(C)[n+]1[O-]. The van der Waals surface area contributed by atoms with Gasteiger partial charge in [-0.05, 0) is 25.8 Å². The van der Waals surface area contributed by atoms with Gasteiger partial charge >= 0.3 is 11.8 Å². The molecule has 0 fully saturated rings. The van der Waals surface area contributed by atoms with Crippen LogP contribution in [-0.2, 0) is 16.0 Å². The lowest BCUT2D eigenvalue weighted by atomic mass is 9.94. The molecule has 0 aliphatic carbocycles. The van der Waals surface area contributed by atoms with E-state index in [-0.39, 0.29) is 0 Å². The van der Waals surface area contributed by atoms with Crippen LogP contribution in [0.2, 0.25) is 0 Å². The Morgan fingerprint density at radius 2 is 1.79 bits per heavy atom. The molecule has 0 saturated carbocycles. The molecule has 0 aliphatic rings. The molecule has 3 N–H and O–H groups in total. The van der Waals surface area contributed by atoms with Crippen molar-refractivity contribution in [2.24, 2.45) is 5.73 Å². The van der Waals surface area contributed by atoms with Gasteiger partial charge in [0.05, 0.1) is 0 Å². The van der Waals surface area contributed by atoms with E-state index < -0.39 is 17.4 Å². The van der Waals surface area contributed by atoms with Crippen molar-refractivity contribution in [1.29, 1.82) is 0 Å². The van der Waals surface area contributed by atoms with E-state index in [2.05, 4.69) is 5.32 Å². The van der Waals surface area contributed by atoms with Gasteiger partial charge in [-0.2, -0.15) is 4.73 Å². The molecule has 6 nitrogen and oxygen atoms in total. The number of nitrogens with two attached hydrogens (primary N) is 1. The van der Waals surface area contributed by atoms with Crippen molar-refractivity contribution < 1.29 is 14.3 Å². The Morgan fingerprint density at radius 3 is 2.21 bits per heavy atom. The average Bonchev–Trinajstić information content (AvgIpc) is 2.24. The predicted molar refractivity (Wildman–Crippen MR) is 70.0 cm³/mol. The first-order chi connectivity index (χ1) is 8.62. The van der Waals surface area contributed by atoms with Crippen LogP contribution < -0.4 is 15.8 Å². The minimum Gasteiger partial charge on any atom is -0.618 e. The molecule has 0 spiro atoms. The zero-order valence-corrected chi connectivity index (χ0v) is 11.6. The Bertz CT molecular complexity index is 501. The molecule has 104 valence electrons. The first-order valence-corrected chi connectivity index (χ1v) is 5.94. The van der Waals surface area contributed by atoms with Crippen LogP contribution >= 0.6 is 0 Å². The van der Waals surface area contributed by atoms with Crippen LogP contribution in [0.3, 0.4) is 0 Å². The van der Waals surface area contributed by atoms with E-state index in [1.807, 2.05) is 0 Å². The molecule has 1 rings (SSSR count). The third kappa shape index (κ3) is 3.94. The van der Waals surface area contributed by atoms with Gasteiger partial charge in [0.2, 0.25) is 0 Å². The predicted octanol–water partition coefficient (Wildman–Crippen LogP) is -0.141. The Morgan fingerprint density at radius 1 is 1.32 bits per heavy atom. The van der Waals surface area contributed by atoms with Gasteiger partial charge in [0.15, 0.2) is 11.4 Å². The van der Waals surface area contributed by atoms with Gasteiger partial charge < -0.3 is 16.3 Å². The number of nitrogens with zero attached hydrogens (tertiary/aromatic N) is 1. The third-order valence-corrected chi connectivity index (χ3v) is 2.75. The van der Waals surface area contributed by atoms with Crippen molar-refractivity contribution in [1.82, 2.24) is 5.32 Å². The second kappa shape index (κ2) is 5.26. The van der Waals surface area contributed by atoms with Gasteiger partial charge in [0.25, 0.3) is 0 Å². The molecule has 1 heterocycles. The molecule has 2 amide bonds. The van der Waals surface area contributed by atoms with Crippen molar-refractivity contribution in [2.45, 2.75) is 39.7 Å². The summed E-state index contributed by atoms with van der Waals surface area (Å²) in [6.45, 7) is 7.02. The summed E-state index contributed by atoms with van der Waals surface area (Å²) < 4.78 is 0.846. The molecule has 0 bridgehead atoms. The first kappa shape index (κ1) is 14.9. The van der Waals surface area contributed by atoms with Crippen molar-refractivity contribution in [3.63, 3.8) is 0 Å². The number of hydrogen-bond donors (Lipinski definition) is 2. The number of carbonyl (C=O) groups excluding carboxylic acids is 2. The van der Waals surface area contributed by atoms with E-state index in [4.69, 9.17) is 5.73 Å². The molecule has 6 heteroatoms. The van der Waals surface area contributed by atoms with E-state index in [1.165, 1.54) is 0 Å². The number of amides is 2. The number of hydrogen-bond acceptors (Lipinski definition) is 3. The maximum absolute atomic E-state index is 11.5. The van der Waals surface area contributed by atoms with Crippen molar-refractivity contribution in [3.05, 3.63) is 34.3 Å². The van der Waals surface area contributed by atoms with E-state index in [0.29, 0.717) is 17.8 Å². The van der Waals surface area contributed by atoms with Gasteiger partial charge in [-0.15, -0.1) is 0 Å². The molecule has 0 radical (unpaired) electrons. The van der Waals surface area contributed by atoms with Crippen LogP contribution in [0.15, 0.2) is 12.1 Å². The fourth-order valence-corrected chi connectivity index (χ4v) is 2.00. The van der Waals surface area contributed by atoms with Crippen LogP contribution in [-0.4, -0.2) is 17.4 Å². The summed E-state index contributed by atoms with van der Waals surface area (Å²) in [5.74, 6) is -1.82. The normalized spacial score (nSPS) is 11.2. The smallest absolute Gasteiger partial charge is 0.309 e. The highest BCUT2D eigenvalue weighted by Crippen LogP contribution is 2.13. The summed E-state index contributed by atoms with van der Waals surface area (Å²) >= 11 is 0. The molecule has 0 saturated heterocycles. The van der Waals surface area contributed by atoms with Crippen molar-refractivity contribution in [2.75, 3.05) is 0 Å². The Hall–Kier alpha value is -2.11. The fourth-order valence-electron chi connectivity index (χ4n) is 2.00. The largest absolute Gasteiger partial charge is 0.618 e. The van der Waals surface area contributed by atoms with E-state index in [0.717, 1.165) is 10.3 Å².